The molecule has 134 valence electrons. The second-order valence-corrected chi connectivity index (χ2v) is 9.36. The first-order valence-electron chi connectivity index (χ1n) is 7.89. The molecule has 2 aromatic carbocycles. The van der Waals surface area contributed by atoms with Gasteiger partial charge in [-0.05, 0) is 61.0 Å². The van der Waals surface area contributed by atoms with E-state index in [9.17, 15) is 13.2 Å². The molecule has 0 saturated carbocycles. The lowest BCUT2D eigenvalue weighted by molar-refractivity contribution is 0.0526. The van der Waals surface area contributed by atoms with Gasteiger partial charge in [-0.2, -0.15) is 0 Å². The van der Waals surface area contributed by atoms with Crippen LogP contribution in [-0.4, -0.2) is 33.3 Å². The quantitative estimate of drug-likeness (QED) is 0.428. The zero-order chi connectivity index (χ0) is 18.3. The SMILES string of the molecule is CCOC(=O)c1ccc(NCCSS(=O)(=O)c2ccc(C)cc2)cc1. The summed E-state index contributed by atoms with van der Waals surface area (Å²) < 4.78 is 29.4. The topological polar surface area (TPSA) is 72.5 Å². The molecule has 5 nitrogen and oxygen atoms in total. The Bertz CT molecular complexity index is 800. The zero-order valence-electron chi connectivity index (χ0n) is 14.2. The highest BCUT2D eigenvalue weighted by molar-refractivity contribution is 8.72. The normalized spacial score (nSPS) is 11.1. The molecular weight excluding hydrogens is 358 g/mol. The maximum absolute atomic E-state index is 12.2. The van der Waals surface area contributed by atoms with Gasteiger partial charge in [0.05, 0.1) is 17.1 Å². The molecule has 0 saturated heterocycles. The third kappa shape index (κ3) is 5.79. The highest BCUT2D eigenvalue weighted by Gasteiger charge is 2.14. The molecule has 0 aromatic heterocycles. The van der Waals surface area contributed by atoms with E-state index in [1.165, 1.54) is 0 Å². The van der Waals surface area contributed by atoms with E-state index in [0.717, 1.165) is 22.0 Å². The van der Waals surface area contributed by atoms with Crippen molar-refractivity contribution in [2.24, 2.45) is 0 Å². The van der Waals surface area contributed by atoms with Crippen LogP contribution in [0.25, 0.3) is 0 Å². The summed E-state index contributed by atoms with van der Waals surface area (Å²) in [6.45, 7) is 4.51. The first-order valence-corrected chi connectivity index (χ1v) is 10.9. The molecule has 0 aliphatic carbocycles. The fraction of sp³-hybridized carbons (Fsp3) is 0.278. The first-order chi connectivity index (χ1) is 11.9. The lowest BCUT2D eigenvalue weighted by Crippen LogP contribution is -2.08. The largest absolute Gasteiger partial charge is 0.462 e. The number of benzene rings is 2. The van der Waals surface area contributed by atoms with Crippen LogP contribution in [0.4, 0.5) is 5.69 Å². The fourth-order valence-corrected chi connectivity index (χ4v) is 4.72. The van der Waals surface area contributed by atoms with E-state index in [4.69, 9.17) is 4.74 Å². The number of ether oxygens (including phenoxy) is 1. The molecule has 0 unspecified atom stereocenters. The van der Waals surface area contributed by atoms with Gasteiger partial charge in [0.25, 0.3) is 0 Å². The smallest absolute Gasteiger partial charge is 0.338 e. The molecule has 0 atom stereocenters. The van der Waals surface area contributed by atoms with Crippen LogP contribution in [0.15, 0.2) is 53.4 Å². The summed E-state index contributed by atoms with van der Waals surface area (Å²) in [6.07, 6.45) is 0. The molecule has 25 heavy (non-hydrogen) atoms. The summed E-state index contributed by atoms with van der Waals surface area (Å²) in [7, 11) is -2.43. The Hall–Kier alpha value is -1.99. The molecule has 0 aliphatic heterocycles. The second-order valence-electron chi connectivity index (χ2n) is 5.31. The molecule has 0 fully saturated rings. The molecule has 0 bridgehead atoms. The third-order valence-corrected chi connectivity index (χ3v) is 6.91. The van der Waals surface area contributed by atoms with Crippen LogP contribution in [-0.2, 0) is 13.6 Å². The van der Waals surface area contributed by atoms with E-state index < -0.39 is 8.87 Å². The molecule has 2 rings (SSSR count). The van der Waals surface area contributed by atoms with Gasteiger partial charge in [-0.1, -0.05) is 17.7 Å². The summed E-state index contributed by atoms with van der Waals surface area (Å²) in [4.78, 5) is 11.9. The van der Waals surface area contributed by atoms with Crippen molar-refractivity contribution in [3.8, 4) is 0 Å². The van der Waals surface area contributed by atoms with Gasteiger partial charge in [-0.15, -0.1) is 0 Å². The van der Waals surface area contributed by atoms with Gasteiger partial charge in [0.1, 0.15) is 0 Å². The maximum Gasteiger partial charge on any atom is 0.338 e. The lowest BCUT2D eigenvalue weighted by atomic mass is 10.2. The van der Waals surface area contributed by atoms with Gasteiger partial charge in [0, 0.05) is 18.0 Å². The van der Waals surface area contributed by atoms with Gasteiger partial charge in [0.2, 0.25) is 8.87 Å². The van der Waals surface area contributed by atoms with Crippen LogP contribution in [0.3, 0.4) is 0 Å². The number of hydrogen-bond donors (Lipinski definition) is 1. The van der Waals surface area contributed by atoms with Crippen molar-refractivity contribution >= 4 is 31.3 Å². The maximum atomic E-state index is 12.2. The van der Waals surface area contributed by atoms with Crippen molar-refractivity contribution in [3.63, 3.8) is 0 Å². The van der Waals surface area contributed by atoms with Crippen molar-refractivity contribution in [1.82, 2.24) is 0 Å². The molecule has 2 aromatic rings. The number of nitrogens with one attached hydrogen (secondary N) is 1. The van der Waals surface area contributed by atoms with E-state index >= 15 is 0 Å². The van der Waals surface area contributed by atoms with Crippen LogP contribution in [0.2, 0.25) is 0 Å². The Morgan fingerprint density at radius 2 is 1.72 bits per heavy atom. The van der Waals surface area contributed by atoms with Gasteiger partial charge in [-0.3, -0.25) is 0 Å². The molecule has 0 spiro atoms. The minimum Gasteiger partial charge on any atom is -0.462 e. The summed E-state index contributed by atoms with van der Waals surface area (Å²) in [5, 5.41) is 3.14. The number of aryl methyl sites for hydroxylation is 1. The summed E-state index contributed by atoms with van der Waals surface area (Å²) in [6, 6.07) is 13.7. The Labute approximate surface area is 152 Å². The van der Waals surface area contributed by atoms with Gasteiger partial charge in [-0.25, -0.2) is 13.2 Å². The Balaban J connectivity index is 1.82. The van der Waals surface area contributed by atoms with Crippen molar-refractivity contribution in [2.75, 3.05) is 24.2 Å². The van der Waals surface area contributed by atoms with Crippen LogP contribution in [0, 0.1) is 6.92 Å². The van der Waals surface area contributed by atoms with Gasteiger partial charge >= 0.3 is 5.97 Å². The van der Waals surface area contributed by atoms with E-state index in [-0.39, 0.29) is 5.97 Å². The van der Waals surface area contributed by atoms with E-state index in [1.54, 1.807) is 55.5 Å². The summed E-state index contributed by atoms with van der Waals surface area (Å²) in [5.41, 5.74) is 2.34. The van der Waals surface area contributed by atoms with Crippen molar-refractivity contribution in [1.29, 1.82) is 0 Å². The number of hydrogen-bond acceptors (Lipinski definition) is 6. The predicted octanol–water partition coefficient (Wildman–Crippen LogP) is 3.71. The Morgan fingerprint density at radius 3 is 2.32 bits per heavy atom. The minimum absolute atomic E-state index is 0.321. The number of carbonyl (C=O) groups excluding carboxylic acids is 1. The molecular formula is C18H21NO4S2. The Kier molecular flexibility index (Phi) is 6.90. The van der Waals surface area contributed by atoms with Crippen LogP contribution in [0.1, 0.15) is 22.8 Å². The third-order valence-electron chi connectivity index (χ3n) is 3.38. The van der Waals surface area contributed by atoms with Crippen molar-refractivity contribution in [3.05, 3.63) is 59.7 Å². The standard InChI is InChI=1S/C18H21NO4S2/c1-3-23-18(20)15-6-8-16(9-7-15)19-12-13-24-25(21,22)17-10-4-14(2)5-11-17/h4-11,19H,3,12-13H2,1-2H3. The molecule has 1 N–H and O–H groups in total. The van der Waals surface area contributed by atoms with E-state index in [1.807, 2.05) is 6.92 Å². The van der Waals surface area contributed by atoms with E-state index in [2.05, 4.69) is 5.32 Å². The monoisotopic (exact) mass is 379 g/mol. The average molecular weight is 380 g/mol. The number of anilines is 1. The second kappa shape index (κ2) is 8.92. The first kappa shape index (κ1) is 19.3. The number of rotatable bonds is 8. The zero-order valence-corrected chi connectivity index (χ0v) is 15.8. The molecule has 7 heteroatoms. The summed E-state index contributed by atoms with van der Waals surface area (Å²) >= 11 is 0. The highest BCUT2D eigenvalue weighted by Crippen LogP contribution is 2.23. The molecule has 0 heterocycles. The number of carbonyl (C=O) groups is 1. The molecule has 0 aliphatic rings. The van der Waals surface area contributed by atoms with Crippen LogP contribution < -0.4 is 5.32 Å². The lowest BCUT2D eigenvalue weighted by Gasteiger charge is -2.08. The Morgan fingerprint density at radius 1 is 1.08 bits per heavy atom. The predicted molar refractivity (Wildman–Crippen MR) is 102 cm³/mol. The van der Waals surface area contributed by atoms with E-state index in [0.29, 0.717) is 29.4 Å². The van der Waals surface area contributed by atoms with Crippen molar-refractivity contribution in [2.45, 2.75) is 18.7 Å². The highest BCUT2D eigenvalue weighted by atomic mass is 33.1. The molecule has 0 radical (unpaired) electrons. The average Bonchev–Trinajstić information content (AvgIpc) is 2.60. The van der Waals surface area contributed by atoms with Crippen LogP contribution >= 0.6 is 10.8 Å². The van der Waals surface area contributed by atoms with Crippen molar-refractivity contribution < 1.29 is 17.9 Å². The van der Waals surface area contributed by atoms with Gasteiger partial charge in [0.15, 0.2) is 0 Å². The van der Waals surface area contributed by atoms with Crippen LogP contribution in [0.5, 0.6) is 0 Å². The summed E-state index contributed by atoms with van der Waals surface area (Å²) in [5.74, 6) is 0.0596. The fourth-order valence-electron chi connectivity index (χ4n) is 2.06. The van der Waals surface area contributed by atoms with Gasteiger partial charge < -0.3 is 10.1 Å². The molecule has 0 amide bonds. The number of esters is 1. The minimum atomic E-state index is -3.34.